The Hall–Kier alpha value is -1.49. The maximum atomic E-state index is 13.4. The number of hydrogen-bond donors (Lipinski definition) is 1. The summed E-state index contributed by atoms with van der Waals surface area (Å²) in [7, 11) is 0. The maximum Gasteiger partial charge on any atom is 0.222 e. The van der Waals surface area contributed by atoms with Gasteiger partial charge in [0.05, 0.1) is 6.10 Å². The predicted octanol–water partition coefficient (Wildman–Crippen LogP) is 1.88. The van der Waals surface area contributed by atoms with E-state index in [4.69, 9.17) is 0 Å². The Morgan fingerprint density at radius 1 is 1.32 bits per heavy atom. The van der Waals surface area contributed by atoms with Gasteiger partial charge in [-0.1, -0.05) is 0 Å². The van der Waals surface area contributed by atoms with Gasteiger partial charge < -0.3 is 10.0 Å². The van der Waals surface area contributed by atoms with Crippen LogP contribution in [-0.2, 0) is 11.2 Å². The number of aryl methyl sites for hydroxylation is 1. The molecule has 1 aliphatic rings. The lowest BCUT2D eigenvalue weighted by atomic mass is 10.1. The summed E-state index contributed by atoms with van der Waals surface area (Å²) in [4.78, 5) is 13.6. The minimum absolute atomic E-state index is 0.0736. The molecular weight excluding hydrogens is 252 g/mol. The Morgan fingerprint density at radius 2 is 2.00 bits per heavy atom. The van der Waals surface area contributed by atoms with Crippen LogP contribution in [0.15, 0.2) is 18.2 Å². The van der Waals surface area contributed by atoms with Gasteiger partial charge in [-0.05, 0) is 43.0 Å². The molecule has 1 aromatic rings. The van der Waals surface area contributed by atoms with Gasteiger partial charge in [-0.2, -0.15) is 0 Å². The third-order valence-corrected chi connectivity index (χ3v) is 3.43. The van der Waals surface area contributed by atoms with E-state index in [1.807, 2.05) is 0 Å². The number of benzene rings is 1. The second-order valence-corrected chi connectivity index (χ2v) is 4.85. The van der Waals surface area contributed by atoms with Gasteiger partial charge in [-0.3, -0.25) is 4.79 Å². The lowest BCUT2D eigenvalue weighted by Crippen LogP contribution is -2.40. The molecular formula is C14H17F2NO2. The average Bonchev–Trinajstić information content (AvgIpc) is 2.40. The molecule has 104 valence electrons. The van der Waals surface area contributed by atoms with Crippen LogP contribution in [0.2, 0.25) is 0 Å². The van der Waals surface area contributed by atoms with E-state index in [0.29, 0.717) is 25.9 Å². The third kappa shape index (κ3) is 3.73. The van der Waals surface area contributed by atoms with Crippen molar-refractivity contribution in [2.24, 2.45) is 0 Å². The largest absolute Gasteiger partial charge is 0.393 e. The molecule has 0 saturated carbocycles. The summed E-state index contributed by atoms with van der Waals surface area (Å²) in [5.74, 6) is -1.05. The first kappa shape index (κ1) is 13.9. The van der Waals surface area contributed by atoms with E-state index in [-0.39, 0.29) is 30.4 Å². The van der Waals surface area contributed by atoms with E-state index < -0.39 is 11.6 Å². The van der Waals surface area contributed by atoms with Crippen molar-refractivity contribution in [3.05, 3.63) is 35.4 Å². The van der Waals surface area contributed by atoms with Gasteiger partial charge in [-0.15, -0.1) is 0 Å². The average molecular weight is 269 g/mol. The molecule has 0 radical (unpaired) electrons. The van der Waals surface area contributed by atoms with Crippen molar-refractivity contribution < 1.29 is 18.7 Å². The smallest absolute Gasteiger partial charge is 0.222 e. The van der Waals surface area contributed by atoms with Gasteiger partial charge in [0.25, 0.3) is 0 Å². The lowest BCUT2D eigenvalue weighted by molar-refractivity contribution is -0.133. The summed E-state index contributed by atoms with van der Waals surface area (Å²) < 4.78 is 26.4. The minimum atomic E-state index is -0.495. The van der Waals surface area contributed by atoms with Gasteiger partial charge in [0.15, 0.2) is 0 Å². The number of nitrogens with zero attached hydrogens (tertiary/aromatic N) is 1. The summed E-state index contributed by atoms with van der Waals surface area (Å²) in [6.07, 6.45) is 1.20. The molecule has 1 aliphatic heterocycles. The Morgan fingerprint density at radius 3 is 2.68 bits per heavy atom. The van der Waals surface area contributed by atoms with Crippen LogP contribution in [0.3, 0.4) is 0 Å². The summed E-state index contributed by atoms with van der Waals surface area (Å²) in [6.45, 7) is 1.07. The number of carbonyl (C=O) groups excluding carboxylic acids is 1. The summed E-state index contributed by atoms with van der Waals surface area (Å²) in [5, 5.41) is 9.35. The molecule has 1 amide bonds. The molecule has 1 N–H and O–H groups in total. The van der Waals surface area contributed by atoms with Crippen LogP contribution in [0.4, 0.5) is 8.78 Å². The lowest BCUT2D eigenvalue weighted by Gasteiger charge is -2.29. The molecule has 0 unspecified atom stereocenters. The van der Waals surface area contributed by atoms with Crippen molar-refractivity contribution >= 4 is 5.91 Å². The van der Waals surface area contributed by atoms with Gasteiger partial charge in [0.2, 0.25) is 5.91 Å². The highest BCUT2D eigenvalue weighted by molar-refractivity contribution is 5.76. The van der Waals surface area contributed by atoms with E-state index in [0.717, 1.165) is 18.2 Å². The first-order chi connectivity index (χ1) is 9.06. The molecule has 1 heterocycles. The number of aliphatic hydroxyl groups excluding tert-OH is 1. The Balaban J connectivity index is 1.88. The van der Waals surface area contributed by atoms with Gasteiger partial charge in [-0.25, -0.2) is 8.78 Å². The van der Waals surface area contributed by atoms with Crippen LogP contribution < -0.4 is 0 Å². The van der Waals surface area contributed by atoms with Crippen molar-refractivity contribution in [3.8, 4) is 0 Å². The van der Waals surface area contributed by atoms with Crippen LogP contribution in [0.1, 0.15) is 24.8 Å². The van der Waals surface area contributed by atoms with E-state index >= 15 is 0 Å². The van der Waals surface area contributed by atoms with Crippen LogP contribution in [0, 0.1) is 11.6 Å². The molecule has 19 heavy (non-hydrogen) atoms. The zero-order valence-corrected chi connectivity index (χ0v) is 10.6. The highest BCUT2D eigenvalue weighted by Crippen LogP contribution is 2.15. The third-order valence-electron chi connectivity index (χ3n) is 3.43. The Kier molecular flexibility index (Phi) is 4.47. The van der Waals surface area contributed by atoms with Gasteiger partial charge >= 0.3 is 0 Å². The number of aliphatic hydroxyl groups is 1. The number of halogens is 2. The topological polar surface area (TPSA) is 40.5 Å². The normalized spacial score (nSPS) is 16.7. The monoisotopic (exact) mass is 269 g/mol. The number of hydrogen-bond acceptors (Lipinski definition) is 2. The summed E-state index contributed by atoms with van der Waals surface area (Å²) in [5.41, 5.74) is 0.227. The zero-order valence-electron chi connectivity index (χ0n) is 10.6. The molecule has 5 heteroatoms. The van der Waals surface area contributed by atoms with Crippen molar-refractivity contribution in [1.82, 2.24) is 4.90 Å². The quantitative estimate of drug-likeness (QED) is 0.910. The molecule has 1 aromatic carbocycles. The number of amides is 1. The Labute approximate surface area is 110 Å². The van der Waals surface area contributed by atoms with Gasteiger partial charge in [0, 0.05) is 19.5 Å². The van der Waals surface area contributed by atoms with Crippen LogP contribution in [0.25, 0.3) is 0 Å². The zero-order chi connectivity index (χ0) is 13.8. The van der Waals surface area contributed by atoms with Crippen molar-refractivity contribution in [2.75, 3.05) is 13.1 Å². The molecule has 2 rings (SSSR count). The summed E-state index contributed by atoms with van der Waals surface area (Å²) >= 11 is 0. The molecule has 0 aromatic heterocycles. The van der Waals surface area contributed by atoms with Crippen molar-refractivity contribution in [2.45, 2.75) is 31.8 Å². The van der Waals surface area contributed by atoms with Crippen LogP contribution in [0.5, 0.6) is 0 Å². The second-order valence-electron chi connectivity index (χ2n) is 4.85. The number of carbonyl (C=O) groups is 1. The number of rotatable bonds is 3. The van der Waals surface area contributed by atoms with Gasteiger partial charge in [0.1, 0.15) is 11.6 Å². The van der Waals surface area contributed by atoms with E-state index in [9.17, 15) is 18.7 Å². The van der Waals surface area contributed by atoms with Crippen LogP contribution in [-0.4, -0.2) is 35.1 Å². The van der Waals surface area contributed by atoms with Crippen LogP contribution >= 0.6 is 0 Å². The fourth-order valence-electron chi connectivity index (χ4n) is 2.25. The van der Waals surface area contributed by atoms with E-state index in [1.165, 1.54) is 0 Å². The predicted molar refractivity (Wildman–Crippen MR) is 66.5 cm³/mol. The molecule has 0 spiro atoms. The molecule has 1 saturated heterocycles. The van der Waals surface area contributed by atoms with E-state index in [2.05, 4.69) is 0 Å². The fraction of sp³-hybridized carbons (Fsp3) is 0.500. The second kappa shape index (κ2) is 6.10. The highest BCUT2D eigenvalue weighted by atomic mass is 19.1. The number of piperidine rings is 1. The highest BCUT2D eigenvalue weighted by Gasteiger charge is 2.21. The van der Waals surface area contributed by atoms with Crippen molar-refractivity contribution in [1.29, 1.82) is 0 Å². The molecule has 3 nitrogen and oxygen atoms in total. The molecule has 0 bridgehead atoms. The SMILES string of the molecule is O=C(CCc1cc(F)ccc1F)N1CCC(O)CC1. The molecule has 0 aliphatic carbocycles. The van der Waals surface area contributed by atoms with E-state index in [1.54, 1.807) is 4.90 Å². The maximum absolute atomic E-state index is 13.4. The minimum Gasteiger partial charge on any atom is -0.393 e. The first-order valence-electron chi connectivity index (χ1n) is 6.46. The fourth-order valence-corrected chi connectivity index (χ4v) is 2.25. The summed E-state index contributed by atoms with van der Waals surface area (Å²) in [6, 6.07) is 3.27. The van der Waals surface area contributed by atoms with Crippen molar-refractivity contribution in [3.63, 3.8) is 0 Å². The first-order valence-corrected chi connectivity index (χ1v) is 6.46. The molecule has 0 atom stereocenters. The Bertz CT molecular complexity index is 457. The standard InChI is InChI=1S/C14H17F2NO2/c15-11-2-3-13(16)10(9-11)1-4-14(19)17-7-5-12(18)6-8-17/h2-3,9,12,18H,1,4-8H2. The number of likely N-dealkylation sites (tertiary alicyclic amines) is 1. The molecule has 1 fully saturated rings.